The monoisotopic (exact) mass is 355 g/mol. The molecule has 2 N–H and O–H groups in total. The molecule has 0 aliphatic heterocycles. The normalized spacial score (nSPS) is 11.0. The number of aryl methyl sites for hydroxylation is 1. The Morgan fingerprint density at radius 3 is 2.54 bits per heavy atom. The molecule has 1 aromatic carbocycles. The standard InChI is InChI=1S/C21H29N3O2/c1-6-12-24-19-9-8-17(14(2)3)13-18(19)15(4)20(24)21(26)23-11-7-10-22-16(5)25/h6,8-9,13-14H,1,7,10-12H2,2-5H3,(H,22,25)(H,23,26). The number of benzene rings is 1. The number of hydrogen-bond donors (Lipinski definition) is 2. The summed E-state index contributed by atoms with van der Waals surface area (Å²) in [6, 6.07) is 6.40. The third-order valence-electron chi connectivity index (χ3n) is 4.55. The van der Waals surface area contributed by atoms with E-state index in [1.165, 1.54) is 12.5 Å². The van der Waals surface area contributed by atoms with E-state index in [2.05, 4.69) is 49.3 Å². The zero-order valence-electron chi connectivity index (χ0n) is 16.2. The van der Waals surface area contributed by atoms with Crippen molar-refractivity contribution in [3.05, 3.63) is 47.7 Å². The molecule has 2 amide bonds. The van der Waals surface area contributed by atoms with Crippen molar-refractivity contribution in [1.29, 1.82) is 0 Å². The molecule has 0 unspecified atom stereocenters. The van der Waals surface area contributed by atoms with Crippen LogP contribution in [0, 0.1) is 6.92 Å². The summed E-state index contributed by atoms with van der Waals surface area (Å²) in [6.45, 7) is 13.3. The highest BCUT2D eigenvalue weighted by Crippen LogP contribution is 2.29. The second-order valence-electron chi connectivity index (χ2n) is 6.90. The van der Waals surface area contributed by atoms with Crippen LogP contribution in [0.2, 0.25) is 0 Å². The summed E-state index contributed by atoms with van der Waals surface area (Å²) in [5.41, 5.74) is 3.98. The van der Waals surface area contributed by atoms with Crippen LogP contribution in [0.3, 0.4) is 0 Å². The van der Waals surface area contributed by atoms with E-state index >= 15 is 0 Å². The van der Waals surface area contributed by atoms with Gasteiger partial charge in [0.1, 0.15) is 5.69 Å². The van der Waals surface area contributed by atoms with Crippen molar-refractivity contribution in [2.75, 3.05) is 13.1 Å². The zero-order valence-corrected chi connectivity index (χ0v) is 16.2. The smallest absolute Gasteiger partial charge is 0.268 e. The van der Waals surface area contributed by atoms with Gasteiger partial charge in [-0.15, -0.1) is 6.58 Å². The van der Waals surface area contributed by atoms with Gasteiger partial charge in [0, 0.05) is 37.5 Å². The Morgan fingerprint density at radius 1 is 1.23 bits per heavy atom. The lowest BCUT2D eigenvalue weighted by molar-refractivity contribution is -0.118. The lowest BCUT2D eigenvalue weighted by atomic mass is 10.0. The Morgan fingerprint density at radius 2 is 1.92 bits per heavy atom. The summed E-state index contributed by atoms with van der Waals surface area (Å²) < 4.78 is 2.02. The first-order chi connectivity index (χ1) is 12.4. The van der Waals surface area contributed by atoms with Crippen LogP contribution < -0.4 is 10.6 Å². The fourth-order valence-electron chi connectivity index (χ4n) is 3.15. The number of rotatable bonds is 8. The Kier molecular flexibility index (Phi) is 6.61. The van der Waals surface area contributed by atoms with Gasteiger partial charge < -0.3 is 15.2 Å². The van der Waals surface area contributed by atoms with Crippen LogP contribution >= 0.6 is 0 Å². The van der Waals surface area contributed by atoms with Gasteiger partial charge in [-0.1, -0.05) is 26.0 Å². The Labute approximate surface area is 155 Å². The number of allylic oxidation sites excluding steroid dienone is 1. The minimum Gasteiger partial charge on any atom is -0.356 e. The molecule has 5 nitrogen and oxygen atoms in total. The molecular formula is C21H29N3O2. The molecule has 0 aliphatic carbocycles. The van der Waals surface area contributed by atoms with Crippen molar-refractivity contribution in [2.45, 2.75) is 46.6 Å². The second-order valence-corrected chi connectivity index (χ2v) is 6.90. The van der Waals surface area contributed by atoms with Crippen molar-refractivity contribution in [3.8, 4) is 0 Å². The van der Waals surface area contributed by atoms with Crippen LogP contribution in [-0.4, -0.2) is 29.5 Å². The number of amides is 2. The van der Waals surface area contributed by atoms with Crippen molar-refractivity contribution in [3.63, 3.8) is 0 Å². The van der Waals surface area contributed by atoms with Crippen molar-refractivity contribution >= 4 is 22.7 Å². The van der Waals surface area contributed by atoms with E-state index in [4.69, 9.17) is 0 Å². The molecule has 2 aromatic rings. The molecule has 0 spiro atoms. The number of carbonyl (C=O) groups excluding carboxylic acids is 2. The number of nitrogens with zero attached hydrogens (tertiary/aromatic N) is 1. The summed E-state index contributed by atoms with van der Waals surface area (Å²) in [7, 11) is 0. The molecule has 0 saturated carbocycles. The molecule has 1 aromatic heterocycles. The van der Waals surface area contributed by atoms with Gasteiger partial charge in [-0.3, -0.25) is 9.59 Å². The highest BCUT2D eigenvalue weighted by atomic mass is 16.2. The van der Waals surface area contributed by atoms with E-state index in [0.29, 0.717) is 37.7 Å². The SMILES string of the molecule is C=CCn1c(C(=O)NCCCNC(C)=O)c(C)c2cc(C(C)C)ccc21. The Balaban J connectivity index is 2.28. The van der Waals surface area contributed by atoms with Gasteiger partial charge in [0.2, 0.25) is 5.91 Å². The van der Waals surface area contributed by atoms with E-state index < -0.39 is 0 Å². The fourth-order valence-corrected chi connectivity index (χ4v) is 3.15. The van der Waals surface area contributed by atoms with Crippen molar-refractivity contribution in [2.24, 2.45) is 0 Å². The van der Waals surface area contributed by atoms with Gasteiger partial charge in [0.15, 0.2) is 0 Å². The molecule has 0 saturated heterocycles. The Hall–Kier alpha value is -2.56. The molecule has 0 atom stereocenters. The molecule has 0 bridgehead atoms. The topological polar surface area (TPSA) is 63.1 Å². The summed E-state index contributed by atoms with van der Waals surface area (Å²) in [4.78, 5) is 23.7. The molecule has 26 heavy (non-hydrogen) atoms. The number of carbonyl (C=O) groups is 2. The summed E-state index contributed by atoms with van der Waals surface area (Å²) in [5.74, 6) is 0.293. The summed E-state index contributed by atoms with van der Waals surface area (Å²) in [5, 5.41) is 6.81. The first-order valence-electron chi connectivity index (χ1n) is 9.13. The number of aromatic nitrogens is 1. The predicted octanol–water partition coefficient (Wildman–Crippen LogP) is 3.52. The van der Waals surface area contributed by atoms with Crippen LogP contribution in [0.5, 0.6) is 0 Å². The molecular weight excluding hydrogens is 326 g/mol. The summed E-state index contributed by atoms with van der Waals surface area (Å²) >= 11 is 0. The largest absolute Gasteiger partial charge is 0.356 e. The molecule has 2 rings (SSSR count). The van der Waals surface area contributed by atoms with Crippen LogP contribution in [-0.2, 0) is 11.3 Å². The highest BCUT2D eigenvalue weighted by Gasteiger charge is 2.20. The van der Waals surface area contributed by atoms with Crippen LogP contribution in [0.4, 0.5) is 0 Å². The number of hydrogen-bond acceptors (Lipinski definition) is 2. The van der Waals surface area contributed by atoms with Crippen LogP contribution in [0.15, 0.2) is 30.9 Å². The maximum absolute atomic E-state index is 12.8. The average molecular weight is 355 g/mol. The predicted molar refractivity (Wildman–Crippen MR) is 107 cm³/mol. The van der Waals surface area contributed by atoms with E-state index in [-0.39, 0.29) is 11.8 Å². The zero-order chi connectivity index (χ0) is 19.3. The van der Waals surface area contributed by atoms with Gasteiger partial charge in [-0.2, -0.15) is 0 Å². The third-order valence-corrected chi connectivity index (χ3v) is 4.55. The molecule has 0 aliphatic rings. The maximum Gasteiger partial charge on any atom is 0.268 e. The number of nitrogens with one attached hydrogen (secondary N) is 2. The molecule has 140 valence electrons. The molecule has 0 radical (unpaired) electrons. The maximum atomic E-state index is 12.8. The first kappa shape index (κ1) is 19.8. The quantitative estimate of drug-likeness (QED) is 0.562. The van der Waals surface area contributed by atoms with Crippen LogP contribution in [0.1, 0.15) is 54.7 Å². The minimum absolute atomic E-state index is 0.0563. The van der Waals surface area contributed by atoms with E-state index in [1.54, 1.807) is 0 Å². The first-order valence-corrected chi connectivity index (χ1v) is 9.13. The van der Waals surface area contributed by atoms with Gasteiger partial charge in [0.05, 0.1) is 0 Å². The van der Waals surface area contributed by atoms with E-state index in [1.807, 2.05) is 17.6 Å². The van der Waals surface area contributed by atoms with Crippen molar-refractivity contribution in [1.82, 2.24) is 15.2 Å². The van der Waals surface area contributed by atoms with Crippen molar-refractivity contribution < 1.29 is 9.59 Å². The minimum atomic E-state index is -0.0885. The van der Waals surface area contributed by atoms with Crippen LogP contribution in [0.25, 0.3) is 10.9 Å². The number of fused-ring (bicyclic) bond motifs is 1. The molecule has 5 heteroatoms. The van der Waals surface area contributed by atoms with E-state index in [9.17, 15) is 9.59 Å². The van der Waals surface area contributed by atoms with Gasteiger partial charge in [-0.25, -0.2) is 0 Å². The summed E-state index contributed by atoms with van der Waals surface area (Å²) in [6.07, 6.45) is 2.51. The van der Waals surface area contributed by atoms with Gasteiger partial charge >= 0.3 is 0 Å². The molecule has 0 fully saturated rings. The van der Waals surface area contributed by atoms with E-state index in [0.717, 1.165) is 16.5 Å². The second kappa shape index (κ2) is 8.70. The average Bonchev–Trinajstić information content (AvgIpc) is 2.86. The third kappa shape index (κ3) is 4.34. The lowest BCUT2D eigenvalue weighted by Crippen LogP contribution is -2.30. The Bertz CT molecular complexity index is 818. The highest BCUT2D eigenvalue weighted by molar-refractivity contribution is 6.01. The van der Waals surface area contributed by atoms with Gasteiger partial charge in [0.25, 0.3) is 5.91 Å². The fraction of sp³-hybridized carbons (Fsp3) is 0.429. The van der Waals surface area contributed by atoms with Gasteiger partial charge in [-0.05, 0) is 42.5 Å². The lowest BCUT2D eigenvalue weighted by Gasteiger charge is -2.10. The molecule has 1 heterocycles.